The van der Waals surface area contributed by atoms with Crippen LogP contribution in [0.1, 0.15) is 57.7 Å². The van der Waals surface area contributed by atoms with Crippen molar-refractivity contribution in [1.29, 1.82) is 5.26 Å². The first-order valence-corrected chi connectivity index (χ1v) is 13.0. The highest BCUT2D eigenvalue weighted by atomic mass is 16.6. The van der Waals surface area contributed by atoms with Crippen LogP contribution in [0.3, 0.4) is 0 Å². The number of benzene rings is 1. The monoisotopic (exact) mass is 518 g/mol. The van der Waals surface area contributed by atoms with Crippen LogP contribution in [-0.4, -0.2) is 58.1 Å². The summed E-state index contributed by atoms with van der Waals surface area (Å²) in [6, 6.07) is 7.76. The fraction of sp³-hybridized carbons (Fsp3) is 0.536. The van der Waals surface area contributed by atoms with Crippen molar-refractivity contribution in [2.24, 2.45) is 5.41 Å². The molecule has 38 heavy (non-hydrogen) atoms. The molecule has 200 valence electrons. The van der Waals surface area contributed by atoms with Crippen LogP contribution in [0, 0.1) is 16.7 Å². The Bertz CT molecular complexity index is 1360. The van der Waals surface area contributed by atoms with Gasteiger partial charge in [-0.3, -0.25) is 9.88 Å². The molecule has 2 fully saturated rings. The third-order valence-electron chi connectivity index (χ3n) is 7.72. The predicted octanol–water partition coefficient (Wildman–Crippen LogP) is 4.57. The Morgan fingerprint density at radius 2 is 2.03 bits per heavy atom. The molecule has 5 rings (SSSR count). The molecule has 1 aliphatic heterocycles. The number of nitrogens with zero attached hydrogens (tertiary/aromatic N) is 6. The number of amides is 1. The molecule has 0 bridgehead atoms. The van der Waals surface area contributed by atoms with Crippen LogP contribution >= 0.6 is 0 Å². The van der Waals surface area contributed by atoms with Crippen molar-refractivity contribution >= 4 is 22.9 Å². The first-order valence-electron chi connectivity index (χ1n) is 13.0. The molecule has 2 aliphatic rings. The second kappa shape index (κ2) is 9.97. The van der Waals surface area contributed by atoms with Crippen molar-refractivity contribution in [2.75, 3.05) is 31.8 Å². The number of rotatable bonds is 8. The Labute approximate surface area is 222 Å². The van der Waals surface area contributed by atoms with Gasteiger partial charge >= 0.3 is 6.09 Å². The van der Waals surface area contributed by atoms with E-state index in [4.69, 9.17) is 14.2 Å². The molecule has 1 saturated heterocycles. The maximum Gasteiger partial charge on any atom is 0.416 e. The predicted molar refractivity (Wildman–Crippen MR) is 140 cm³/mol. The first-order chi connectivity index (χ1) is 18.2. The molecule has 3 aromatic rings. The Kier molecular flexibility index (Phi) is 6.84. The molecule has 1 amide bonds. The van der Waals surface area contributed by atoms with E-state index >= 15 is 0 Å². The summed E-state index contributed by atoms with van der Waals surface area (Å²) in [4.78, 5) is 28.2. The number of imidazole rings is 1. The minimum absolute atomic E-state index is 0.107. The number of nitriles is 1. The summed E-state index contributed by atoms with van der Waals surface area (Å²) in [6.45, 7) is 8.20. The van der Waals surface area contributed by atoms with E-state index in [0.717, 1.165) is 43.3 Å². The molecule has 0 N–H and O–H groups in total. The summed E-state index contributed by atoms with van der Waals surface area (Å²) in [6.07, 6.45) is 8.21. The first kappa shape index (κ1) is 26.1. The number of fused-ring (bicyclic) bond motifs is 1. The molecule has 1 aliphatic carbocycles. The van der Waals surface area contributed by atoms with Gasteiger partial charge in [-0.15, -0.1) is 0 Å². The molecule has 1 aromatic carbocycles. The smallest absolute Gasteiger partial charge is 0.416 e. The average Bonchev–Trinajstić information content (AvgIpc) is 3.43. The standard InChI is InChI=1S/C28H34N6O4/c1-26(2,37-11-10-36-4)23-14-31-24(15-30-23)34-18-28(38-25(34)35)9-5-8-27(3,16-28)17-33-19-32-21-7-6-20(13-29)12-22(21)33/h6-7,12,14-15,19H,5,8-11,16-18H2,1-4H3/t27-,28+/m0/s1. The number of anilines is 1. The molecular weight excluding hydrogens is 484 g/mol. The average molecular weight is 519 g/mol. The van der Waals surface area contributed by atoms with Crippen LogP contribution in [0.5, 0.6) is 0 Å². The van der Waals surface area contributed by atoms with Crippen LogP contribution in [0.25, 0.3) is 11.0 Å². The number of ether oxygens (including phenoxy) is 3. The van der Waals surface area contributed by atoms with E-state index in [9.17, 15) is 10.1 Å². The summed E-state index contributed by atoms with van der Waals surface area (Å²) in [5, 5.41) is 9.33. The van der Waals surface area contributed by atoms with Crippen molar-refractivity contribution in [1.82, 2.24) is 19.5 Å². The zero-order valence-electron chi connectivity index (χ0n) is 22.4. The van der Waals surface area contributed by atoms with Gasteiger partial charge in [0, 0.05) is 13.7 Å². The maximum absolute atomic E-state index is 13.0. The Hall–Kier alpha value is -3.55. The summed E-state index contributed by atoms with van der Waals surface area (Å²) in [5.74, 6) is 0.472. The Morgan fingerprint density at radius 1 is 1.18 bits per heavy atom. The van der Waals surface area contributed by atoms with Gasteiger partial charge < -0.3 is 18.8 Å². The molecule has 0 radical (unpaired) electrons. The second-order valence-corrected chi connectivity index (χ2v) is 11.3. The van der Waals surface area contributed by atoms with Crippen molar-refractivity contribution in [3.63, 3.8) is 0 Å². The number of aromatic nitrogens is 4. The van der Waals surface area contributed by atoms with Crippen LogP contribution in [-0.2, 0) is 26.4 Å². The lowest BCUT2D eigenvalue weighted by molar-refractivity contribution is -0.0459. The van der Waals surface area contributed by atoms with Gasteiger partial charge in [0.15, 0.2) is 5.82 Å². The molecule has 10 heteroatoms. The van der Waals surface area contributed by atoms with E-state index in [1.807, 2.05) is 32.3 Å². The Morgan fingerprint density at radius 3 is 2.76 bits per heavy atom. The fourth-order valence-electron chi connectivity index (χ4n) is 5.84. The highest BCUT2D eigenvalue weighted by Gasteiger charge is 2.52. The van der Waals surface area contributed by atoms with Gasteiger partial charge in [-0.1, -0.05) is 6.92 Å². The molecule has 3 heterocycles. The third kappa shape index (κ3) is 5.08. The summed E-state index contributed by atoms with van der Waals surface area (Å²) in [7, 11) is 1.63. The van der Waals surface area contributed by atoms with Gasteiger partial charge in [0.25, 0.3) is 0 Å². The number of hydrogen-bond donors (Lipinski definition) is 0. The topological polar surface area (TPSA) is 115 Å². The fourth-order valence-corrected chi connectivity index (χ4v) is 5.84. The minimum Gasteiger partial charge on any atom is -0.441 e. The van der Waals surface area contributed by atoms with E-state index in [1.165, 1.54) is 0 Å². The summed E-state index contributed by atoms with van der Waals surface area (Å²) < 4.78 is 19.1. The SMILES string of the molecule is COCCOC(C)(C)c1cnc(N2C[C@]3(CCC[C@](C)(Cn4cnc5ccc(C#N)cc54)C3)OC2=O)cn1. The van der Waals surface area contributed by atoms with Crippen molar-refractivity contribution in [3.8, 4) is 6.07 Å². The molecule has 1 saturated carbocycles. The van der Waals surface area contributed by atoms with E-state index in [0.29, 0.717) is 36.8 Å². The molecule has 10 nitrogen and oxygen atoms in total. The molecule has 2 aromatic heterocycles. The quantitative estimate of drug-likeness (QED) is 0.398. The van der Waals surface area contributed by atoms with Crippen molar-refractivity contribution in [2.45, 2.75) is 64.2 Å². The lowest BCUT2D eigenvalue weighted by Gasteiger charge is -2.43. The zero-order chi connectivity index (χ0) is 27.0. The van der Waals surface area contributed by atoms with Crippen LogP contribution in [0.15, 0.2) is 36.9 Å². The normalized spacial score (nSPS) is 23.7. The summed E-state index contributed by atoms with van der Waals surface area (Å²) in [5.41, 5.74) is 1.78. The van der Waals surface area contributed by atoms with Crippen molar-refractivity contribution in [3.05, 3.63) is 48.2 Å². The highest BCUT2D eigenvalue weighted by molar-refractivity contribution is 5.89. The largest absolute Gasteiger partial charge is 0.441 e. The lowest BCUT2D eigenvalue weighted by Crippen LogP contribution is -2.45. The number of methoxy groups -OCH3 is 1. The molecule has 2 atom stereocenters. The van der Waals surface area contributed by atoms with Gasteiger partial charge in [0.05, 0.1) is 66.8 Å². The number of carbonyl (C=O) groups is 1. The number of carbonyl (C=O) groups excluding carboxylic acids is 1. The molecular formula is C28H34N6O4. The molecule has 1 spiro atoms. The summed E-state index contributed by atoms with van der Waals surface area (Å²) >= 11 is 0. The van der Waals surface area contributed by atoms with E-state index in [1.54, 1.807) is 30.5 Å². The van der Waals surface area contributed by atoms with E-state index < -0.39 is 17.3 Å². The van der Waals surface area contributed by atoms with Crippen LogP contribution in [0.2, 0.25) is 0 Å². The van der Waals surface area contributed by atoms with E-state index in [2.05, 4.69) is 32.5 Å². The van der Waals surface area contributed by atoms with Gasteiger partial charge in [-0.05, 0) is 63.1 Å². The van der Waals surface area contributed by atoms with Gasteiger partial charge in [0.2, 0.25) is 0 Å². The van der Waals surface area contributed by atoms with Crippen LogP contribution in [0.4, 0.5) is 10.6 Å². The van der Waals surface area contributed by atoms with Crippen LogP contribution < -0.4 is 4.90 Å². The highest BCUT2D eigenvalue weighted by Crippen LogP contribution is 2.47. The van der Waals surface area contributed by atoms with E-state index in [-0.39, 0.29) is 5.41 Å². The molecule has 0 unspecified atom stereocenters. The van der Waals surface area contributed by atoms with Gasteiger partial charge in [-0.25, -0.2) is 14.8 Å². The van der Waals surface area contributed by atoms with Gasteiger partial charge in [-0.2, -0.15) is 5.26 Å². The Balaban J connectivity index is 1.31. The van der Waals surface area contributed by atoms with Crippen molar-refractivity contribution < 1.29 is 19.0 Å². The number of hydrogen-bond acceptors (Lipinski definition) is 8. The second-order valence-electron chi connectivity index (χ2n) is 11.3. The lowest BCUT2D eigenvalue weighted by atomic mass is 9.68. The zero-order valence-corrected chi connectivity index (χ0v) is 22.4. The minimum atomic E-state index is -0.631. The maximum atomic E-state index is 13.0. The third-order valence-corrected chi connectivity index (χ3v) is 7.72. The van der Waals surface area contributed by atoms with Gasteiger partial charge in [0.1, 0.15) is 11.2 Å².